The molecule has 0 amide bonds. The van der Waals surface area contributed by atoms with Crippen molar-refractivity contribution < 1.29 is 0 Å². The number of hydrogen-bond acceptors (Lipinski definition) is 1. The summed E-state index contributed by atoms with van der Waals surface area (Å²) in [4.78, 5) is 0. The molecule has 0 spiro atoms. The van der Waals surface area contributed by atoms with Crippen molar-refractivity contribution in [2.75, 3.05) is 13.6 Å². The summed E-state index contributed by atoms with van der Waals surface area (Å²) >= 11 is 0. The number of rotatable bonds is 4. The zero-order valence-electron chi connectivity index (χ0n) is 11.0. The Morgan fingerprint density at radius 3 is 2.12 bits per heavy atom. The van der Waals surface area contributed by atoms with Gasteiger partial charge in [0.25, 0.3) is 0 Å². The lowest BCUT2D eigenvalue weighted by Gasteiger charge is -2.27. The van der Waals surface area contributed by atoms with Crippen molar-refractivity contribution in [3.8, 4) is 0 Å². The van der Waals surface area contributed by atoms with Gasteiger partial charge in [-0.25, -0.2) is 0 Å². The Morgan fingerprint density at radius 1 is 0.812 bits per heavy atom. The standard InChI is InChI=1S/C15H29N/c1-16-12-15-10-4-2-3-9-14(15)11-13-7-5-6-8-13/h13-16H,2-12H2,1H3. The molecule has 2 saturated carbocycles. The van der Waals surface area contributed by atoms with Crippen LogP contribution in [0.3, 0.4) is 0 Å². The third-order valence-corrected chi connectivity index (χ3v) is 4.89. The van der Waals surface area contributed by atoms with E-state index in [-0.39, 0.29) is 0 Å². The highest BCUT2D eigenvalue weighted by atomic mass is 14.8. The van der Waals surface area contributed by atoms with Crippen LogP contribution in [0.15, 0.2) is 0 Å². The van der Waals surface area contributed by atoms with E-state index in [1.54, 1.807) is 6.42 Å². The lowest BCUT2D eigenvalue weighted by molar-refractivity contribution is 0.249. The first kappa shape index (κ1) is 12.4. The van der Waals surface area contributed by atoms with Crippen molar-refractivity contribution in [3.05, 3.63) is 0 Å². The fourth-order valence-corrected chi connectivity index (χ4v) is 3.98. The van der Waals surface area contributed by atoms with Crippen LogP contribution in [0.5, 0.6) is 0 Å². The molecule has 1 nitrogen and oxygen atoms in total. The monoisotopic (exact) mass is 223 g/mol. The summed E-state index contributed by atoms with van der Waals surface area (Å²) in [6, 6.07) is 0. The van der Waals surface area contributed by atoms with Gasteiger partial charge in [-0.15, -0.1) is 0 Å². The first-order valence-electron chi connectivity index (χ1n) is 7.54. The van der Waals surface area contributed by atoms with Crippen LogP contribution in [-0.4, -0.2) is 13.6 Å². The molecule has 2 fully saturated rings. The molecule has 2 rings (SSSR count). The van der Waals surface area contributed by atoms with E-state index in [0.717, 1.165) is 17.8 Å². The summed E-state index contributed by atoms with van der Waals surface area (Å²) in [5.74, 6) is 3.11. The quantitative estimate of drug-likeness (QED) is 0.711. The Balaban J connectivity index is 1.85. The van der Waals surface area contributed by atoms with Crippen LogP contribution in [0.25, 0.3) is 0 Å². The summed E-state index contributed by atoms with van der Waals surface area (Å²) in [6.45, 7) is 1.26. The first-order chi connectivity index (χ1) is 7.90. The van der Waals surface area contributed by atoms with Crippen LogP contribution >= 0.6 is 0 Å². The van der Waals surface area contributed by atoms with Gasteiger partial charge in [0.2, 0.25) is 0 Å². The van der Waals surface area contributed by atoms with E-state index in [4.69, 9.17) is 0 Å². The van der Waals surface area contributed by atoms with Gasteiger partial charge in [0.1, 0.15) is 0 Å². The molecule has 0 radical (unpaired) electrons. The lowest BCUT2D eigenvalue weighted by atomic mass is 9.80. The molecule has 0 aromatic rings. The largest absolute Gasteiger partial charge is 0.319 e. The second-order valence-electron chi connectivity index (χ2n) is 6.10. The Morgan fingerprint density at radius 2 is 1.44 bits per heavy atom. The highest BCUT2D eigenvalue weighted by molar-refractivity contribution is 4.79. The minimum atomic E-state index is 0.980. The van der Waals surface area contributed by atoms with Gasteiger partial charge in [-0.2, -0.15) is 0 Å². The minimum absolute atomic E-state index is 0.980. The first-order valence-corrected chi connectivity index (χ1v) is 7.54. The van der Waals surface area contributed by atoms with Crippen molar-refractivity contribution in [2.24, 2.45) is 17.8 Å². The molecular weight excluding hydrogens is 194 g/mol. The van der Waals surface area contributed by atoms with Gasteiger partial charge < -0.3 is 5.32 Å². The van der Waals surface area contributed by atoms with Gasteiger partial charge in [0.15, 0.2) is 0 Å². The number of nitrogens with one attached hydrogen (secondary N) is 1. The average molecular weight is 223 g/mol. The molecule has 0 aliphatic heterocycles. The predicted molar refractivity (Wildman–Crippen MR) is 70.6 cm³/mol. The van der Waals surface area contributed by atoms with E-state index in [1.807, 2.05) is 0 Å². The maximum atomic E-state index is 3.42. The SMILES string of the molecule is CNCC1CCCCCC1CC1CCCC1. The van der Waals surface area contributed by atoms with E-state index in [2.05, 4.69) is 12.4 Å². The molecule has 16 heavy (non-hydrogen) atoms. The molecule has 0 bridgehead atoms. The summed E-state index contributed by atoms with van der Waals surface area (Å²) in [5.41, 5.74) is 0. The Labute approximate surface area is 101 Å². The Kier molecular flexibility index (Phi) is 5.15. The highest BCUT2D eigenvalue weighted by Gasteiger charge is 2.27. The van der Waals surface area contributed by atoms with Crippen LogP contribution in [0, 0.1) is 17.8 Å². The van der Waals surface area contributed by atoms with Crippen LogP contribution in [0.2, 0.25) is 0 Å². The maximum Gasteiger partial charge on any atom is -0.00209 e. The molecule has 2 unspecified atom stereocenters. The van der Waals surface area contributed by atoms with E-state index < -0.39 is 0 Å². The summed E-state index contributed by atoms with van der Waals surface area (Å²) < 4.78 is 0. The fraction of sp³-hybridized carbons (Fsp3) is 1.00. The van der Waals surface area contributed by atoms with Crippen LogP contribution in [0.1, 0.15) is 64.2 Å². The highest BCUT2D eigenvalue weighted by Crippen LogP contribution is 2.37. The topological polar surface area (TPSA) is 12.0 Å². The summed E-state index contributed by atoms with van der Waals surface area (Å²) in [5, 5.41) is 3.42. The molecule has 1 N–H and O–H groups in total. The molecule has 0 saturated heterocycles. The molecule has 0 aromatic carbocycles. The minimum Gasteiger partial charge on any atom is -0.319 e. The zero-order valence-corrected chi connectivity index (χ0v) is 11.0. The van der Waals surface area contributed by atoms with Gasteiger partial charge >= 0.3 is 0 Å². The third kappa shape index (κ3) is 3.48. The van der Waals surface area contributed by atoms with E-state index in [9.17, 15) is 0 Å². The van der Waals surface area contributed by atoms with Crippen LogP contribution in [-0.2, 0) is 0 Å². The summed E-state index contributed by atoms with van der Waals surface area (Å²) in [7, 11) is 2.12. The van der Waals surface area contributed by atoms with Gasteiger partial charge in [-0.1, -0.05) is 51.4 Å². The second-order valence-corrected chi connectivity index (χ2v) is 6.10. The maximum absolute atomic E-state index is 3.42. The molecule has 94 valence electrons. The molecule has 1 heteroatoms. The number of hydrogen-bond donors (Lipinski definition) is 1. The van der Waals surface area contributed by atoms with Crippen molar-refractivity contribution >= 4 is 0 Å². The van der Waals surface area contributed by atoms with Gasteiger partial charge in [-0.3, -0.25) is 0 Å². The molecule has 0 heterocycles. The predicted octanol–water partition coefficient (Wildman–Crippen LogP) is 3.98. The average Bonchev–Trinajstić information content (AvgIpc) is 2.69. The van der Waals surface area contributed by atoms with Crippen molar-refractivity contribution in [3.63, 3.8) is 0 Å². The van der Waals surface area contributed by atoms with Crippen molar-refractivity contribution in [1.29, 1.82) is 0 Å². The Bertz CT molecular complexity index is 184. The van der Waals surface area contributed by atoms with E-state index >= 15 is 0 Å². The molecule has 0 aromatic heterocycles. The second kappa shape index (κ2) is 6.64. The van der Waals surface area contributed by atoms with Crippen molar-refractivity contribution in [1.82, 2.24) is 5.32 Å². The normalized spacial score (nSPS) is 32.8. The van der Waals surface area contributed by atoms with Gasteiger partial charge in [0, 0.05) is 0 Å². The third-order valence-electron chi connectivity index (χ3n) is 4.89. The Hall–Kier alpha value is -0.0400. The molecular formula is C15H29N. The van der Waals surface area contributed by atoms with Gasteiger partial charge in [-0.05, 0) is 44.2 Å². The zero-order chi connectivity index (χ0) is 11.2. The van der Waals surface area contributed by atoms with E-state index in [1.165, 1.54) is 64.3 Å². The van der Waals surface area contributed by atoms with E-state index in [0.29, 0.717) is 0 Å². The van der Waals surface area contributed by atoms with Crippen molar-refractivity contribution in [2.45, 2.75) is 64.2 Å². The van der Waals surface area contributed by atoms with Crippen LogP contribution < -0.4 is 5.32 Å². The fourth-order valence-electron chi connectivity index (χ4n) is 3.98. The molecule has 2 aliphatic rings. The lowest BCUT2D eigenvalue weighted by Crippen LogP contribution is -2.26. The van der Waals surface area contributed by atoms with Crippen LogP contribution in [0.4, 0.5) is 0 Å². The summed E-state index contributed by atoms with van der Waals surface area (Å²) in [6.07, 6.45) is 15.1. The smallest absolute Gasteiger partial charge is 0.00209 e. The molecule has 2 aliphatic carbocycles. The molecule has 2 atom stereocenters. The van der Waals surface area contributed by atoms with Gasteiger partial charge in [0.05, 0.1) is 0 Å².